The van der Waals surface area contributed by atoms with Crippen molar-refractivity contribution in [3.05, 3.63) is 29.8 Å². The van der Waals surface area contributed by atoms with Gasteiger partial charge in [0.2, 0.25) is 5.91 Å². The number of nitrogens with zero attached hydrogens (tertiary/aromatic N) is 1. The molecule has 1 N–H and O–H groups in total. The molecule has 2 unspecified atom stereocenters. The van der Waals surface area contributed by atoms with Crippen LogP contribution in [0.25, 0.3) is 0 Å². The molecule has 108 valence electrons. The Bertz CT molecular complexity index is 483. The monoisotopic (exact) mass is 274 g/mol. The normalized spacial score (nSPS) is 22.4. The van der Waals surface area contributed by atoms with Crippen molar-refractivity contribution >= 4 is 5.91 Å². The average molecular weight is 274 g/mol. The Kier molecular flexibility index (Phi) is 3.92. The van der Waals surface area contributed by atoms with Crippen LogP contribution in [0, 0.1) is 0 Å². The zero-order valence-corrected chi connectivity index (χ0v) is 12.0. The van der Waals surface area contributed by atoms with Crippen LogP contribution in [0.2, 0.25) is 0 Å². The minimum absolute atomic E-state index is 0.110. The fourth-order valence-electron chi connectivity index (χ4n) is 3.02. The van der Waals surface area contributed by atoms with Crippen LogP contribution >= 0.6 is 0 Å². The van der Waals surface area contributed by atoms with E-state index >= 15 is 0 Å². The molecule has 0 spiro atoms. The molecule has 0 bridgehead atoms. The highest BCUT2D eigenvalue weighted by Crippen LogP contribution is 2.32. The summed E-state index contributed by atoms with van der Waals surface area (Å²) < 4.78 is 5.67. The molecule has 1 amide bonds. The highest BCUT2D eigenvalue weighted by atomic mass is 16.5. The Morgan fingerprint density at radius 1 is 1.40 bits per heavy atom. The quantitative estimate of drug-likeness (QED) is 0.909. The Labute approximate surface area is 120 Å². The SMILES string of the molecule is CC(NCC1COc2ccccc21)C(=O)N1CCCC1. The summed E-state index contributed by atoms with van der Waals surface area (Å²) in [5.41, 5.74) is 1.25. The van der Waals surface area contributed by atoms with E-state index in [0.29, 0.717) is 12.5 Å². The lowest BCUT2D eigenvalue weighted by Gasteiger charge is -2.22. The summed E-state index contributed by atoms with van der Waals surface area (Å²) >= 11 is 0. The Balaban J connectivity index is 1.53. The van der Waals surface area contributed by atoms with Gasteiger partial charge < -0.3 is 15.0 Å². The van der Waals surface area contributed by atoms with Crippen LogP contribution < -0.4 is 10.1 Å². The first kappa shape index (κ1) is 13.4. The molecule has 2 aliphatic heterocycles. The standard InChI is InChI=1S/C16H22N2O2/c1-12(16(19)18-8-4-5-9-18)17-10-13-11-20-15-7-3-2-6-14(13)15/h2-3,6-7,12-13,17H,4-5,8-11H2,1H3. The highest BCUT2D eigenvalue weighted by Gasteiger charge is 2.27. The van der Waals surface area contributed by atoms with Gasteiger partial charge in [-0.1, -0.05) is 18.2 Å². The maximum Gasteiger partial charge on any atom is 0.239 e. The van der Waals surface area contributed by atoms with Gasteiger partial charge in [-0.2, -0.15) is 0 Å². The van der Waals surface area contributed by atoms with Crippen LogP contribution in [0.4, 0.5) is 0 Å². The van der Waals surface area contributed by atoms with Crippen molar-refractivity contribution < 1.29 is 9.53 Å². The van der Waals surface area contributed by atoms with Crippen molar-refractivity contribution in [1.82, 2.24) is 10.2 Å². The molecule has 1 aromatic carbocycles. The highest BCUT2D eigenvalue weighted by molar-refractivity contribution is 5.81. The van der Waals surface area contributed by atoms with Crippen LogP contribution in [0.3, 0.4) is 0 Å². The van der Waals surface area contributed by atoms with Gasteiger partial charge in [0, 0.05) is 31.1 Å². The summed E-state index contributed by atoms with van der Waals surface area (Å²) in [4.78, 5) is 14.2. The number of nitrogens with one attached hydrogen (secondary N) is 1. The number of amides is 1. The predicted octanol–water partition coefficient (Wildman–Crippen LogP) is 1.76. The van der Waals surface area contributed by atoms with Crippen LogP contribution in [-0.4, -0.2) is 43.1 Å². The van der Waals surface area contributed by atoms with E-state index in [0.717, 1.165) is 38.2 Å². The number of fused-ring (bicyclic) bond motifs is 1. The maximum absolute atomic E-state index is 12.2. The molecule has 0 aromatic heterocycles. The fourth-order valence-corrected chi connectivity index (χ4v) is 3.02. The van der Waals surface area contributed by atoms with Crippen LogP contribution in [0.15, 0.2) is 24.3 Å². The maximum atomic E-state index is 12.2. The summed E-state index contributed by atoms with van der Waals surface area (Å²) in [6, 6.07) is 8.05. The first-order valence-electron chi connectivity index (χ1n) is 7.49. The Morgan fingerprint density at radius 3 is 2.95 bits per heavy atom. The van der Waals surface area contributed by atoms with Gasteiger partial charge in [-0.3, -0.25) is 4.79 Å². The van der Waals surface area contributed by atoms with E-state index < -0.39 is 0 Å². The van der Waals surface area contributed by atoms with Crippen molar-refractivity contribution in [3.8, 4) is 5.75 Å². The molecule has 3 rings (SSSR count). The summed E-state index contributed by atoms with van der Waals surface area (Å²) in [6.45, 7) is 5.29. The second-order valence-corrected chi connectivity index (χ2v) is 5.71. The van der Waals surface area contributed by atoms with Crippen LogP contribution in [-0.2, 0) is 4.79 Å². The minimum atomic E-state index is -0.110. The number of rotatable bonds is 4. The predicted molar refractivity (Wildman–Crippen MR) is 78.0 cm³/mol. The smallest absolute Gasteiger partial charge is 0.239 e. The molecular weight excluding hydrogens is 252 g/mol. The van der Waals surface area contributed by atoms with Gasteiger partial charge in [0.15, 0.2) is 0 Å². The molecule has 1 fully saturated rings. The first-order chi connectivity index (χ1) is 9.75. The Hall–Kier alpha value is -1.55. The second kappa shape index (κ2) is 5.83. The van der Waals surface area contributed by atoms with E-state index in [2.05, 4.69) is 11.4 Å². The summed E-state index contributed by atoms with van der Waals surface area (Å²) in [5.74, 6) is 1.56. The third-order valence-electron chi connectivity index (χ3n) is 4.26. The molecule has 0 aliphatic carbocycles. The molecule has 4 heteroatoms. The number of benzene rings is 1. The molecule has 2 aliphatic rings. The molecular formula is C16H22N2O2. The van der Waals surface area contributed by atoms with E-state index in [1.54, 1.807) is 0 Å². The number of ether oxygens (including phenoxy) is 1. The van der Waals surface area contributed by atoms with Crippen molar-refractivity contribution in [2.24, 2.45) is 0 Å². The Morgan fingerprint density at radius 2 is 2.15 bits per heavy atom. The number of carbonyl (C=O) groups is 1. The number of para-hydroxylation sites is 1. The van der Waals surface area contributed by atoms with Gasteiger partial charge in [0.25, 0.3) is 0 Å². The van der Waals surface area contributed by atoms with Gasteiger partial charge in [0.05, 0.1) is 12.6 Å². The number of hydrogen-bond donors (Lipinski definition) is 1. The van der Waals surface area contributed by atoms with E-state index in [-0.39, 0.29) is 11.9 Å². The van der Waals surface area contributed by atoms with Gasteiger partial charge >= 0.3 is 0 Å². The number of likely N-dealkylation sites (tertiary alicyclic amines) is 1. The van der Waals surface area contributed by atoms with Crippen molar-refractivity contribution in [1.29, 1.82) is 0 Å². The van der Waals surface area contributed by atoms with E-state index in [1.165, 1.54) is 5.56 Å². The second-order valence-electron chi connectivity index (χ2n) is 5.71. The molecule has 1 aromatic rings. The molecule has 2 heterocycles. The van der Waals surface area contributed by atoms with Gasteiger partial charge in [0.1, 0.15) is 5.75 Å². The number of hydrogen-bond acceptors (Lipinski definition) is 3. The lowest BCUT2D eigenvalue weighted by atomic mass is 10.0. The summed E-state index contributed by atoms with van der Waals surface area (Å²) in [6.07, 6.45) is 2.28. The first-order valence-corrected chi connectivity index (χ1v) is 7.49. The lowest BCUT2D eigenvalue weighted by molar-refractivity contribution is -0.131. The molecule has 20 heavy (non-hydrogen) atoms. The van der Waals surface area contributed by atoms with E-state index in [9.17, 15) is 4.79 Å². The minimum Gasteiger partial charge on any atom is -0.493 e. The largest absolute Gasteiger partial charge is 0.493 e. The van der Waals surface area contributed by atoms with Crippen molar-refractivity contribution in [2.75, 3.05) is 26.2 Å². The molecule has 2 atom stereocenters. The third-order valence-corrected chi connectivity index (χ3v) is 4.26. The summed E-state index contributed by atoms with van der Waals surface area (Å²) in [7, 11) is 0. The van der Waals surface area contributed by atoms with Gasteiger partial charge in [-0.25, -0.2) is 0 Å². The zero-order chi connectivity index (χ0) is 13.9. The van der Waals surface area contributed by atoms with Crippen LogP contribution in [0.1, 0.15) is 31.2 Å². The van der Waals surface area contributed by atoms with E-state index in [1.807, 2.05) is 30.0 Å². The third kappa shape index (κ3) is 2.66. The van der Waals surface area contributed by atoms with Gasteiger partial charge in [-0.15, -0.1) is 0 Å². The average Bonchev–Trinajstić information content (AvgIpc) is 3.13. The van der Waals surface area contributed by atoms with Gasteiger partial charge in [-0.05, 0) is 25.8 Å². The lowest BCUT2D eigenvalue weighted by Crippen LogP contribution is -2.44. The fraction of sp³-hybridized carbons (Fsp3) is 0.562. The van der Waals surface area contributed by atoms with Crippen LogP contribution in [0.5, 0.6) is 5.75 Å². The molecule has 0 saturated carbocycles. The van der Waals surface area contributed by atoms with E-state index in [4.69, 9.17) is 4.74 Å². The van der Waals surface area contributed by atoms with Crippen molar-refractivity contribution in [3.63, 3.8) is 0 Å². The molecule has 0 radical (unpaired) electrons. The molecule has 1 saturated heterocycles. The zero-order valence-electron chi connectivity index (χ0n) is 12.0. The number of carbonyl (C=O) groups excluding carboxylic acids is 1. The van der Waals surface area contributed by atoms with Crippen molar-refractivity contribution in [2.45, 2.75) is 31.7 Å². The molecule has 4 nitrogen and oxygen atoms in total. The summed E-state index contributed by atoms with van der Waals surface area (Å²) in [5, 5.41) is 3.37. The topological polar surface area (TPSA) is 41.6 Å².